The fourth-order valence-corrected chi connectivity index (χ4v) is 7.78. The lowest BCUT2D eigenvalue weighted by Gasteiger charge is -2.44. The largest absolute Gasteiger partial charge is 0.477 e. The molecule has 37 heavy (non-hydrogen) atoms. The molecular weight excluding hydrogens is 512 g/mol. The van der Waals surface area contributed by atoms with Gasteiger partial charge >= 0.3 is 5.97 Å². The Bertz CT molecular complexity index is 1420. The maximum Gasteiger partial charge on any atom is 0.348 e. The maximum atomic E-state index is 13.7. The van der Waals surface area contributed by atoms with Crippen LogP contribution in [0.2, 0.25) is 0 Å². The van der Waals surface area contributed by atoms with E-state index < -0.39 is 27.9 Å². The van der Waals surface area contributed by atoms with Crippen molar-refractivity contribution in [3.05, 3.63) is 53.2 Å². The summed E-state index contributed by atoms with van der Waals surface area (Å²) in [5, 5.41) is 14.1. The van der Waals surface area contributed by atoms with Crippen LogP contribution in [0.4, 0.5) is 5.69 Å². The van der Waals surface area contributed by atoms with E-state index in [2.05, 4.69) is 5.10 Å². The number of benzene rings is 1. The molecule has 0 radical (unpaired) electrons. The Kier molecular flexibility index (Phi) is 6.95. The SMILES string of the molecule is Cc1ccc(-c2cc(N3C(=O)CN(S(=O)(=O)c4cnn(C)c4)C[C@H]3C3CCCCC3)c(C(=O)O)s2)cc1. The second-order valence-electron chi connectivity index (χ2n) is 9.87. The van der Waals surface area contributed by atoms with E-state index in [0.717, 1.165) is 59.4 Å². The molecule has 1 N–H and O–H groups in total. The van der Waals surface area contributed by atoms with Gasteiger partial charge in [-0.05, 0) is 37.3 Å². The number of carbonyl (C=O) groups is 2. The average Bonchev–Trinajstić information content (AvgIpc) is 3.52. The summed E-state index contributed by atoms with van der Waals surface area (Å²) in [6.07, 6.45) is 7.56. The summed E-state index contributed by atoms with van der Waals surface area (Å²) in [6, 6.07) is 9.13. The van der Waals surface area contributed by atoms with Crippen molar-refractivity contribution < 1.29 is 23.1 Å². The molecule has 1 aromatic carbocycles. The smallest absolute Gasteiger partial charge is 0.348 e. The number of sulfonamides is 1. The van der Waals surface area contributed by atoms with E-state index >= 15 is 0 Å². The predicted molar refractivity (Wildman–Crippen MR) is 141 cm³/mol. The van der Waals surface area contributed by atoms with E-state index in [9.17, 15) is 23.1 Å². The summed E-state index contributed by atoms with van der Waals surface area (Å²) in [6.45, 7) is 1.75. The van der Waals surface area contributed by atoms with Crippen LogP contribution in [0.25, 0.3) is 10.4 Å². The summed E-state index contributed by atoms with van der Waals surface area (Å²) < 4.78 is 29.5. The first-order valence-corrected chi connectivity index (χ1v) is 14.7. The number of carboxylic acid groups (broad SMARTS) is 1. The predicted octanol–water partition coefficient (Wildman–Crippen LogP) is 4.14. The number of rotatable bonds is 6. The fraction of sp³-hybridized carbons (Fsp3) is 0.423. The standard InChI is InChI=1S/C26H30N4O5S2/c1-17-8-10-19(11-9-17)23-12-21(25(36-23)26(32)33)30-22(18-6-4-3-5-7-18)15-29(16-24(30)31)37(34,35)20-13-27-28(2)14-20/h8-14,18,22H,3-7,15-16H2,1-2H3,(H,32,33)/t22-/m0/s1. The molecule has 5 rings (SSSR count). The van der Waals surface area contributed by atoms with Crippen molar-refractivity contribution in [1.29, 1.82) is 0 Å². The van der Waals surface area contributed by atoms with Crippen molar-refractivity contribution in [2.45, 2.75) is 50.0 Å². The van der Waals surface area contributed by atoms with Crippen LogP contribution < -0.4 is 4.90 Å². The second kappa shape index (κ2) is 10.0. The topological polar surface area (TPSA) is 113 Å². The fourth-order valence-electron chi connectivity index (χ4n) is 5.40. The van der Waals surface area contributed by atoms with Crippen molar-refractivity contribution in [3.63, 3.8) is 0 Å². The number of aromatic nitrogens is 2. The Morgan fingerprint density at radius 1 is 1.14 bits per heavy atom. The van der Waals surface area contributed by atoms with Crippen molar-refractivity contribution in [3.8, 4) is 10.4 Å². The number of aromatic carboxylic acids is 1. The normalized spacial score (nSPS) is 19.9. The monoisotopic (exact) mass is 542 g/mol. The number of piperazine rings is 1. The van der Waals surface area contributed by atoms with Gasteiger partial charge in [-0.1, -0.05) is 49.1 Å². The first kappa shape index (κ1) is 25.6. The number of hydrogen-bond acceptors (Lipinski definition) is 6. The molecular formula is C26H30N4O5S2. The minimum absolute atomic E-state index is 0.0436. The van der Waals surface area contributed by atoms with Crippen molar-refractivity contribution in [2.24, 2.45) is 13.0 Å². The zero-order valence-corrected chi connectivity index (χ0v) is 22.5. The molecule has 0 spiro atoms. The molecule has 0 unspecified atom stereocenters. The molecule has 3 heterocycles. The van der Waals surface area contributed by atoms with Gasteiger partial charge in [0, 0.05) is 24.7 Å². The van der Waals surface area contributed by atoms with Gasteiger partial charge in [0.25, 0.3) is 0 Å². The van der Waals surface area contributed by atoms with E-state index in [4.69, 9.17) is 0 Å². The van der Waals surface area contributed by atoms with Crippen molar-refractivity contribution >= 4 is 38.9 Å². The van der Waals surface area contributed by atoms with Gasteiger partial charge in [-0.2, -0.15) is 9.40 Å². The highest BCUT2D eigenvalue weighted by Gasteiger charge is 2.44. The third-order valence-corrected chi connectivity index (χ3v) is 10.2. The van der Waals surface area contributed by atoms with Gasteiger partial charge in [-0.3, -0.25) is 9.48 Å². The van der Waals surface area contributed by atoms with Gasteiger partial charge in [-0.15, -0.1) is 11.3 Å². The molecule has 1 atom stereocenters. The van der Waals surface area contributed by atoms with E-state index in [1.807, 2.05) is 31.2 Å². The molecule has 1 amide bonds. The number of thiophene rings is 1. The first-order chi connectivity index (χ1) is 17.6. The van der Waals surface area contributed by atoms with Crippen molar-refractivity contribution in [1.82, 2.24) is 14.1 Å². The van der Waals surface area contributed by atoms with Gasteiger partial charge in [0.1, 0.15) is 9.77 Å². The second-order valence-corrected chi connectivity index (χ2v) is 12.9. The molecule has 3 aromatic rings. The summed E-state index contributed by atoms with van der Waals surface area (Å²) in [7, 11) is -2.29. The van der Waals surface area contributed by atoms with Gasteiger partial charge < -0.3 is 10.0 Å². The van der Waals surface area contributed by atoms with Crippen molar-refractivity contribution in [2.75, 3.05) is 18.0 Å². The molecule has 1 aliphatic carbocycles. The lowest BCUT2D eigenvalue weighted by Crippen LogP contribution is -2.60. The van der Waals surface area contributed by atoms with Gasteiger partial charge in [-0.25, -0.2) is 13.2 Å². The number of amides is 1. The maximum absolute atomic E-state index is 13.7. The third kappa shape index (κ3) is 4.95. The van der Waals surface area contributed by atoms with E-state index in [-0.39, 0.29) is 28.8 Å². The Morgan fingerprint density at radius 2 is 1.84 bits per heavy atom. The molecule has 9 nitrogen and oxygen atoms in total. The molecule has 1 aliphatic heterocycles. The number of nitrogens with zero attached hydrogens (tertiary/aromatic N) is 4. The van der Waals surface area contributed by atoms with E-state index in [1.54, 1.807) is 18.0 Å². The summed E-state index contributed by atoms with van der Waals surface area (Å²) >= 11 is 1.14. The lowest BCUT2D eigenvalue weighted by atomic mass is 9.82. The number of carbonyl (C=O) groups excluding carboxylic acids is 1. The first-order valence-electron chi connectivity index (χ1n) is 12.4. The highest BCUT2D eigenvalue weighted by molar-refractivity contribution is 7.89. The number of hydrogen-bond donors (Lipinski definition) is 1. The number of anilines is 1. The van der Waals surface area contributed by atoms with Gasteiger partial charge in [0.15, 0.2) is 0 Å². The van der Waals surface area contributed by atoms with Crippen LogP contribution in [0.15, 0.2) is 47.6 Å². The molecule has 196 valence electrons. The van der Waals surface area contributed by atoms with Gasteiger partial charge in [0.05, 0.1) is 24.5 Å². The Morgan fingerprint density at radius 3 is 2.46 bits per heavy atom. The summed E-state index contributed by atoms with van der Waals surface area (Å²) in [4.78, 5) is 28.5. The molecule has 1 saturated heterocycles. The third-order valence-electron chi connectivity index (χ3n) is 7.32. The lowest BCUT2D eigenvalue weighted by molar-refractivity contribution is -0.121. The molecule has 0 bridgehead atoms. The quantitative estimate of drug-likeness (QED) is 0.501. The minimum Gasteiger partial charge on any atom is -0.477 e. The van der Waals surface area contributed by atoms with Crippen LogP contribution >= 0.6 is 11.3 Å². The van der Waals surface area contributed by atoms with E-state index in [0.29, 0.717) is 5.69 Å². The highest BCUT2D eigenvalue weighted by Crippen LogP contribution is 2.42. The van der Waals surface area contributed by atoms with Crippen LogP contribution in [0.1, 0.15) is 47.3 Å². The average molecular weight is 543 g/mol. The number of carboxylic acids is 1. The summed E-state index contributed by atoms with van der Waals surface area (Å²) in [5.74, 6) is -1.43. The highest BCUT2D eigenvalue weighted by atomic mass is 32.2. The van der Waals surface area contributed by atoms with Crippen LogP contribution in [-0.2, 0) is 21.9 Å². The molecule has 2 aromatic heterocycles. The number of aryl methyl sites for hydroxylation is 2. The van der Waals surface area contributed by atoms with E-state index in [1.165, 1.54) is 21.4 Å². The zero-order chi connectivity index (χ0) is 26.3. The zero-order valence-electron chi connectivity index (χ0n) is 20.8. The Balaban J connectivity index is 1.56. The Labute approximate surface area is 220 Å². The molecule has 11 heteroatoms. The molecule has 2 fully saturated rings. The van der Waals surface area contributed by atoms with Crippen LogP contribution in [0.3, 0.4) is 0 Å². The van der Waals surface area contributed by atoms with Gasteiger partial charge in [0.2, 0.25) is 15.9 Å². The Hall–Kier alpha value is -3.02. The molecule has 1 saturated carbocycles. The molecule has 2 aliphatic rings. The summed E-state index contributed by atoms with van der Waals surface area (Å²) in [5.41, 5.74) is 2.33. The van der Waals surface area contributed by atoms with Crippen LogP contribution in [0, 0.1) is 12.8 Å². The van der Waals surface area contributed by atoms with Crippen LogP contribution in [-0.4, -0.2) is 58.6 Å². The minimum atomic E-state index is -3.93. The van der Waals surface area contributed by atoms with Crippen LogP contribution in [0.5, 0.6) is 0 Å².